The van der Waals surface area contributed by atoms with Gasteiger partial charge in [-0.1, -0.05) is 12.1 Å². The Morgan fingerprint density at radius 2 is 1.89 bits per heavy atom. The summed E-state index contributed by atoms with van der Waals surface area (Å²) in [4.78, 5) is 11.9. The van der Waals surface area contributed by atoms with E-state index in [4.69, 9.17) is 5.73 Å². The molecule has 0 radical (unpaired) electrons. The summed E-state index contributed by atoms with van der Waals surface area (Å²) in [5.41, 5.74) is 7.49. The van der Waals surface area contributed by atoms with E-state index in [-0.39, 0.29) is 11.7 Å². The number of anilines is 1. The molecule has 3 N–H and O–H groups in total. The van der Waals surface area contributed by atoms with Gasteiger partial charge in [-0.25, -0.2) is 4.39 Å². The van der Waals surface area contributed by atoms with Crippen molar-refractivity contribution < 1.29 is 9.18 Å². The minimum absolute atomic E-state index is 0.239. The first kappa shape index (κ1) is 12.3. The topological polar surface area (TPSA) is 55.1 Å². The number of hydrogen-bond donors (Lipinski definition) is 2. The number of carbonyl (C=O) groups excluding carboxylic acids is 1. The number of carbonyl (C=O) groups is 1. The second kappa shape index (κ2) is 5.42. The van der Waals surface area contributed by atoms with E-state index in [1.54, 1.807) is 18.2 Å². The number of halogens is 1. The van der Waals surface area contributed by atoms with Crippen molar-refractivity contribution in [1.29, 1.82) is 0 Å². The van der Waals surface area contributed by atoms with Gasteiger partial charge in [0.1, 0.15) is 5.82 Å². The van der Waals surface area contributed by atoms with Gasteiger partial charge in [-0.05, 0) is 42.0 Å². The first-order valence-corrected chi connectivity index (χ1v) is 5.55. The van der Waals surface area contributed by atoms with Crippen molar-refractivity contribution in [2.75, 3.05) is 5.32 Å². The molecule has 0 spiro atoms. The third-order valence-corrected chi connectivity index (χ3v) is 2.53. The summed E-state index contributed by atoms with van der Waals surface area (Å²) in [7, 11) is 0. The summed E-state index contributed by atoms with van der Waals surface area (Å²) in [6.07, 6.45) is 0. The summed E-state index contributed by atoms with van der Waals surface area (Å²) in [5.74, 6) is -0.574. The number of amides is 1. The SMILES string of the molecule is NCc1cccc(C(=O)Nc2ccc(F)cc2)c1. The maximum atomic E-state index is 12.7. The molecule has 2 aromatic rings. The smallest absolute Gasteiger partial charge is 0.255 e. The molecule has 18 heavy (non-hydrogen) atoms. The Morgan fingerprint density at radius 1 is 1.17 bits per heavy atom. The van der Waals surface area contributed by atoms with E-state index in [1.807, 2.05) is 6.07 Å². The third kappa shape index (κ3) is 2.93. The molecular formula is C14H13FN2O. The highest BCUT2D eigenvalue weighted by atomic mass is 19.1. The van der Waals surface area contributed by atoms with Gasteiger partial charge < -0.3 is 11.1 Å². The Labute approximate surface area is 104 Å². The highest BCUT2D eigenvalue weighted by molar-refractivity contribution is 6.04. The van der Waals surface area contributed by atoms with E-state index in [2.05, 4.69) is 5.32 Å². The largest absolute Gasteiger partial charge is 0.326 e. The van der Waals surface area contributed by atoms with Crippen LogP contribution < -0.4 is 11.1 Å². The fourth-order valence-electron chi connectivity index (χ4n) is 1.58. The number of nitrogens with two attached hydrogens (primary N) is 1. The van der Waals surface area contributed by atoms with Gasteiger partial charge in [-0.3, -0.25) is 4.79 Å². The van der Waals surface area contributed by atoms with Gasteiger partial charge in [0.05, 0.1) is 0 Å². The molecule has 3 nitrogen and oxygen atoms in total. The van der Waals surface area contributed by atoms with Crippen LogP contribution >= 0.6 is 0 Å². The minimum Gasteiger partial charge on any atom is -0.326 e. The molecule has 0 bridgehead atoms. The van der Waals surface area contributed by atoms with Crippen molar-refractivity contribution in [3.63, 3.8) is 0 Å². The second-order valence-corrected chi connectivity index (χ2v) is 3.87. The van der Waals surface area contributed by atoms with Crippen molar-refractivity contribution in [3.8, 4) is 0 Å². The lowest BCUT2D eigenvalue weighted by Crippen LogP contribution is -2.12. The average Bonchev–Trinajstić information content (AvgIpc) is 2.41. The molecule has 0 fully saturated rings. The lowest BCUT2D eigenvalue weighted by atomic mass is 10.1. The second-order valence-electron chi connectivity index (χ2n) is 3.87. The number of nitrogens with one attached hydrogen (secondary N) is 1. The molecule has 0 aliphatic rings. The fraction of sp³-hybridized carbons (Fsp3) is 0.0714. The lowest BCUT2D eigenvalue weighted by Gasteiger charge is -2.06. The molecule has 0 saturated carbocycles. The van der Waals surface area contributed by atoms with Crippen LogP contribution in [0.4, 0.5) is 10.1 Å². The Kier molecular flexibility index (Phi) is 3.69. The van der Waals surface area contributed by atoms with Crippen molar-refractivity contribution in [2.45, 2.75) is 6.54 Å². The quantitative estimate of drug-likeness (QED) is 0.871. The van der Waals surface area contributed by atoms with Crippen LogP contribution in [-0.4, -0.2) is 5.91 Å². The molecule has 2 rings (SSSR count). The maximum Gasteiger partial charge on any atom is 0.255 e. The summed E-state index contributed by atoms with van der Waals surface area (Å²) in [6.45, 7) is 0.387. The molecule has 92 valence electrons. The predicted octanol–water partition coefficient (Wildman–Crippen LogP) is 2.54. The van der Waals surface area contributed by atoms with Crippen LogP contribution in [0.1, 0.15) is 15.9 Å². The lowest BCUT2D eigenvalue weighted by molar-refractivity contribution is 0.102. The first-order chi connectivity index (χ1) is 8.69. The highest BCUT2D eigenvalue weighted by Gasteiger charge is 2.06. The predicted molar refractivity (Wildman–Crippen MR) is 68.7 cm³/mol. The van der Waals surface area contributed by atoms with Crippen molar-refractivity contribution >= 4 is 11.6 Å². The van der Waals surface area contributed by atoms with Crippen molar-refractivity contribution in [3.05, 3.63) is 65.5 Å². The molecule has 0 aliphatic carbocycles. The standard InChI is InChI=1S/C14H13FN2O/c15-12-4-6-13(7-5-12)17-14(18)11-3-1-2-10(8-11)9-16/h1-8H,9,16H2,(H,17,18). The Bertz CT molecular complexity index is 552. The minimum atomic E-state index is -0.335. The summed E-state index contributed by atoms with van der Waals surface area (Å²) < 4.78 is 12.7. The summed E-state index contributed by atoms with van der Waals surface area (Å²) in [5, 5.41) is 2.69. The molecule has 0 atom stereocenters. The molecule has 0 aromatic heterocycles. The monoisotopic (exact) mass is 244 g/mol. The van der Waals surface area contributed by atoms with Gasteiger partial charge in [-0.15, -0.1) is 0 Å². The zero-order valence-electron chi connectivity index (χ0n) is 9.69. The van der Waals surface area contributed by atoms with E-state index >= 15 is 0 Å². The van der Waals surface area contributed by atoms with Crippen LogP contribution in [-0.2, 0) is 6.54 Å². The van der Waals surface area contributed by atoms with Crippen LogP contribution in [0.25, 0.3) is 0 Å². The van der Waals surface area contributed by atoms with E-state index < -0.39 is 0 Å². The highest BCUT2D eigenvalue weighted by Crippen LogP contribution is 2.11. The van der Waals surface area contributed by atoms with E-state index in [9.17, 15) is 9.18 Å². The van der Waals surface area contributed by atoms with Crippen LogP contribution in [0, 0.1) is 5.82 Å². The normalized spacial score (nSPS) is 10.1. The van der Waals surface area contributed by atoms with Gasteiger partial charge in [0.2, 0.25) is 0 Å². The van der Waals surface area contributed by atoms with Crippen LogP contribution in [0.3, 0.4) is 0 Å². The van der Waals surface area contributed by atoms with Gasteiger partial charge in [0.15, 0.2) is 0 Å². The zero-order chi connectivity index (χ0) is 13.0. The molecule has 4 heteroatoms. The molecule has 0 saturated heterocycles. The van der Waals surface area contributed by atoms with Crippen molar-refractivity contribution in [1.82, 2.24) is 0 Å². The molecule has 0 aliphatic heterocycles. The van der Waals surface area contributed by atoms with Gasteiger partial charge in [0, 0.05) is 17.8 Å². The van der Waals surface area contributed by atoms with Crippen LogP contribution in [0.15, 0.2) is 48.5 Å². The Hall–Kier alpha value is -2.20. The van der Waals surface area contributed by atoms with Gasteiger partial charge >= 0.3 is 0 Å². The molecular weight excluding hydrogens is 231 g/mol. The molecule has 0 unspecified atom stereocenters. The maximum absolute atomic E-state index is 12.7. The molecule has 0 heterocycles. The number of hydrogen-bond acceptors (Lipinski definition) is 2. The number of rotatable bonds is 3. The van der Waals surface area contributed by atoms with Crippen LogP contribution in [0.2, 0.25) is 0 Å². The van der Waals surface area contributed by atoms with Crippen molar-refractivity contribution in [2.24, 2.45) is 5.73 Å². The zero-order valence-corrected chi connectivity index (χ0v) is 9.69. The summed E-state index contributed by atoms with van der Waals surface area (Å²) in [6, 6.07) is 12.7. The van der Waals surface area contributed by atoms with Gasteiger partial charge in [0.25, 0.3) is 5.91 Å². The van der Waals surface area contributed by atoms with Gasteiger partial charge in [-0.2, -0.15) is 0 Å². The number of benzene rings is 2. The molecule has 2 aromatic carbocycles. The van der Waals surface area contributed by atoms with Crippen LogP contribution in [0.5, 0.6) is 0 Å². The Morgan fingerprint density at radius 3 is 2.56 bits per heavy atom. The first-order valence-electron chi connectivity index (χ1n) is 5.55. The Balaban J connectivity index is 2.14. The average molecular weight is 244 g/mol. The van der Waals surface area contributed by atoms with E-state index in [1.165, 1.54) is 24.3 Å². The fourth-order valence-corrected chi connectivity index (χ4v) is 1.58. The van der Waals surface area contributed by atoms with E-state index in [0.29, 0.717) is 17.8 Å². The molecule has 1 amide bonds. The summed E-state index contributed by atoms with van der Waals surface area (Å²) >= 11 is 0. The van der Waals surface area contributed by atoms with E-state index in [0.717, 1.165) is 5.56 Å². The third-order valence-electron chi connectivity index (χ3n) is 2.53.